The van der Waals surface area contributed by atoms with Crippen LogP contribution >= 0.6 is 0 Å². The van der Waals surface area contributed by atoms with Crippen molar-refractivity contribution >= 4 is 17.3 Å². The smallest absolute Gasteiger partial charge is 0.271 e. The van der Waals surface area contributed by atoms with E-state index in [9.17, 15) is 4.79 Å². The summed E-state index contributed by atoms with van der Waals surface area (Å²) < 4.78 is 0. The highest BCUT2D eigenvalue weighted by Crippen LogP contribution is 2.19. The summed E-state index contributed by atoms with van der Waals surface area (Å²) in [6.45, 7) is 3.90. The Labute approximate surface area is 146 Å². The highest BCUT2D eigenvalue weighted by atomic mass is 16.2. The molecule has 0 radical (unpaired) electrons. The number of nitrogens with zero attached hydrogens (tertiary/aromatic N) is 2. The van der Waals surface area contributed by atoms with Gasteiger partial charge in [0, 0.05) is 6.20 Å². The number of nitriles is 2. The molecule has 1 amide bonds. The van der Waals surface area contributed by atoms with E-state index in [2.05, 4.69) is 16.2 Å². The third kappa shape index (κ3) is 4.37. The number of allylic oxidation sites excluding steroid dienone is 1. The van der Waals surface area contributed by atoms with Crippen molar-refractivity contribution in [3.05, 3.63) is 70.9 Å². The Bertz CT molecular complexity index is 867. The molecule has 25 heavy (non-hydrogen) atoms. The average Bonchev–Trinajstić information content (AvgIpc) is 2.62. The molecule has 0 saturated carbocycles. The number of anilines is 2. The number of amides is 1. The Morgan fingerprint density at radius 3 is 2.28 bits per heavy atom. The highest BCUT2D eigenvalue weighted by Gasteiger charge is 2.11. The quantitative estimate of drug-likeness (QED) is 0.576. The molecule has 2 aromatic carbocycles. The zero-order valence-corrected chi connectivity index (χ0v) is 13.9. The third-order valence-corrected chi connectivity index (χ3v) is 3.57. The van der Waals surface area contributed by atoms with Crippen LogP contribution in [0.3, 0.4) is 0 Å². The van der Waals surface area contributed by atoms with Gasteiger partial charge in [0.2, 0.25) is 0 Å². The molecular formula is C19H17N5O. The first-order chi connectivity index (χ1) is 12.1. The number of hydrogen-bond donors (Lipinski definition) is 3. The molecule has 0 aromatic heterocycles. The van der Waals surface area contributed by atoms with Gasteiger partial charge in [-0.15, -0.1) is 0 Å². The number of aryl methyl sites for hydroxylation is 2. The summed E-state index contributed by atoms with van der Waals surface area (Å²) in [4.78, 5) is 12.5. The van der Waals surface area contributed by atoms with Gasteiger partial charge in [-0.2, -0.15) is 10.5 Å². The van der Waals surface area contributed by atoms with Gasteiger partial charge in [0.15, 0.2) is 0 Å². The van der Waals surface area contributed by atoms with Crippen molar-refractivity contribution in [1.29, 1.82) is 10.5 Å². The van der Waals surface area contributed by atoms with Crippen LogP contribution in [0.1, 0.15) is 21.5 Å². The minimum atomic E-state index is -0.338. The Morgan fingerprint density at radius 1 is 1.00 bits per heavy atom. The average molecular weight is 331 g/mol. The first-order valence-electron chi connectivity index (χ1n) is 7.55. The molecule has 0 bridgehead atoms. The molecule has 2 aromatic rings. The number of hydrogen-bond acceptors (Lipinski definition) is 5. The second-order valence-electron chi connectivity index (χ2n) is 5.32. The van der Waals surface area contributed by atoms with Gasteiger partial charge in [-0.05, 0) is 37.1 Å². The number of hydrazine groups is 1. The maximum absolute atomic E-state index is 12.5. The summed E-state index contributed by atoms with van der Waals surface area (Å²) in [6.07, 6.45) is 1.27. The van der Waals surface area contributed by atoms with Gasteiger partial charge in [0.25, 0.3) is 5.91 Å². The zero-order chi connectivity index (χ0) is 18.2. The van der Waals surface area contributed by atoms with Gasteiger partial charge in [-0.1, -0.05) is 30.3 Å². The van der Waals surface area contributed by atoms with Gasteiger partial charge in [-0.3, -0.25) is 15.6 Å². The van der Waals surface area contributed by atoms with Gasteiger partial charge >= 0.3 is 0 Å². The van der Waals surface area contributed by atoms with Crippen LogP contribution in [0.5, 0.6) is 0 Å². The summed E-state index contributed by atoms with van der Waals surface area (Å²) >= 11 is 0. The van der Waals surface area contributed by atoms with Crippen molar-refractivity contribution < 1.29 is 4.79 Å². The molecule has 0 saturated heterocycles. The van der Waals surface area contributed by atoms with Gasteiger partial charge in [0.1, 0.15) is 17.7 Å². The van der Waals surface area contributed by atoms with Gasteiger partial charge < -0.3 is 5.32 Å². The minimum Gasteiger partial charge on any atom is -0.359 e. The Kier molecular flexibility index (Phi) is 5.76. The molecule has 0 spiro atoms. The lowest BCUT2D eigenvalue weighted by Crippen LogP contribution is -2.30. The molecule has 0 aliphatic carbocycles. The molecular weight excluding hydrogens is 314 g/mol. The number of rotatable bonds is 5. The zero-order valence-electron chi connectivity index (χ0n) is 13.9. The minimum absolute atomic E-state index is 0.0797. The van der Waals surface area contributed by atoms with Crippen LogP contribution in [-0.2, 0) is 0 Å². The number of carbonyl (C=O) groups is 1. The fourth-order valence-corrected chi connectivity index (χ4v) is 2.24. The number of para-hydroxylation sites is 2. The monoisotopic (exact) mass is 331 g/mol. The molecule has 2 rings (SSSR count). The second kappa shape index (κ2) is 8.19. The van der Waals surface area contributed by atoms with Crippen LogP contribution in [0, 0.1) is 36.5 Å². The Hall–Kier alpha value is -3.77. The van der Waals surface area contributed by atoms with Crippen LogP contribution in [-0.4, -0.2) is 5.91 Å². The molecule has 0 aliphatic heterocycles. The molecule has 0 fully saturated rings. The molecule has 0 aliphatic rings. The van der Waals surface area contributed by atoms with E-state index < -0.39 is 0 Å². The summed E-state index contributed by atoms with van der Waals surface area (Å²) in [5, 5.41) is 20.4. The molecule has 0 heterocycles. The van der Waals surface area contributed by atoms with E-state index in [0.29, 0.717) is 11.3 Å². The van der Waals surface area contributed by atoms with E-state index in [1.54, 1.807) is 36.4 Å². The third-order valence-electron chi connectivity index (χ3n) is 3.57. The van der Waals surface area contributed by atoms with Crippen LogP contribution in [0.2, 0.25) is 0 Å². The molecule has 0 unspecified atom stereocenters. The fourth-order valence-electron chi connectivity index (χ4n) is 2.24. The summed E-state index contributed by atoms with van der Waals surface area (Å²) in [5.41, 5.74) is 9.29. The van der Waals surface area contributed by atoms with Crippen molar-refractivity contribution in [2.24, 2.45) is 0 Å². The van der Waals surface area contributed by atoms with E-state index in [4.69, 9.17) is 10.5 Å². The van der Waals surface area contributed by atoms with Crippen molar-refractivity contribution in [1.82, 2.24) is 5.43 Å². The van der Waals surface area contributed by atoms with Gasteiger partial charge in [-0.25, -0.2) is 0 Å². The predicted octanol–water partition coefficient (Wildman–Crippen LogP) is 3.40. The van der Waals surface area contributed by atoms with Crippen molar-refractivity contribution in [2.75, 3.05) is 10.7 Å². The molecule has 6 nitrogen and oxygen atoms in total. The lowest BCUT2D eigenvalue weighted by Gasteiger charge is -2.15. The topological polar surface area (TPSA) is 101 Å². The second-order valence-corrected chi connectivity index (χ2v) is 5.32. The molecule has 3 N–H and O–H groups in total. The molecule has 6 heteroatoms. The Balaban J connectivity index is 2.16. The SMILES string of the molecule is Cc1cccc(C)c1NNC(=O)c1ccccc1NC=C(C#N)C#N. The molecule has 0 atom stereocenters. The van der Waals surface area contributed by atoms with Crippen molar-refractivity contribution in [3.63, 3.8) is 0 Å². The first-order valence-corrected chi connectivity index (χ1v) is 7.55. The standard InChI is InChI=1S/C19H17N5O/c1-13-6-5-7-14(2)18(13)23-24-19(25)16-8-3-4-9-17(16)22-12-15(10-20)11-21/h3-9,12,22-23H,1-2H3,(H,24,25). The van der Waals surface area contributed by atoms with Crippen LogP contribution in [0.15, 0.2) is 54.2 Å². The maximum atomic E-state index is 12.5. The normalized spacial score (nSPS) is 9.28. The highest BCUT2D eigenvalue weighted by molar-refractivity contribution is 6.00. The van der Waals surface area contributed by atoms with E-state index in [1.165, 1.54) is 6.20 Å². The molecule has 124 valence electrons. The summed E-state index contributed by atoms with van der Waals surface area (Å²) in [5.74, 6) is -0.338. The summed E-state index contributed by atoms with van der Waals surface area (Å²) in [7, 11) is 0. The van der Waals surface area contributed by atoms with Crippen LogP contribution in [0.25, 0.3) is 0 Å². The lowest BCUT2D eigenvalue weighted by atomic mass is 10.1. The number of benzene rings is 2. The Morgan fingerprint density at radius 2 is 1.64 bits per heavy atom. The van der Waals surface area contributed by atoms with Crippen molar-refractivity contribution in [2.45, 2.75) is 13.8 Å². The summed E-state index contributed by atoms with van der Waals surface area (Å²) in [6, 6.07) is 16.2. The van der Waals surface area contributed by atoms with E-state index in [1.807, 2.05) is 32.0 Å². The van der Waals surface area contributed by atoms with Crippen LogP contribution < -0.4 is 16.2 Å². The van der Waals surface area contributed by atoms with E-state index in [0.717, 1.165) is 16.8 Å². The van der Waals surface area contributed by atoms with E-state index in [-0.39, 0.29) is 11.5 Å². The lowest BCUT2D eigenvalue weighted by molar-refractivity contribution is 0.0963. The number of nitrogens with one attached hydrogen (secondary N) is 3. The van der Waals surface area contributed by atoms with Crippen molar-refractivity contribution in [3.8, 4) is 12.1 Å². The fraction of sp³-hybridized carbons (Fsp3) is 0.105. The van der Waals surface area contributed by atoms with Crippen LogP contribution in [0.4, 0.5) is 11.4 Å². The predicted molar refractivity (Wildman–Crippen MR) is 96.4 cm³/mol. The first kappa shape index (κ1) is 17.6. The van der Waals surface area contributed by atoms with Gasteiger partial charge in [0.05, 0.1) is 16.9 Å². The number of carbonyl (C=O) groups excluding carboxylic acids is 1. The largest absolute Gasteiger partial charge is 0.359 e. The van der Waals surface area contributed by atoms with E-state index >= 15 is 0 Å². The maximum Gasteiger partial charge on any atom is 0.271 e.